The number of amides is 1. The smallest absolute Gasteiger partial charge is 0.266 e. The summed E-state index contributed by atoms with van der Waals surface area (Å²) in [6, 6.07) is 14.0. The number of thiocarbonyl (C=S) groups is 1. The van der Waals surface area contributed by atoms with E-state index in [0.29, 0.717) is 22.4 Å². The lowest BCUT2D eigenvalue weighted by molar-refractivity contribution is -0.121. The Morgan fingerprint density at radius 1 is 1.23 bits per heavy atom. The van der Waals surface area contributed by atoms with Crippen LogP contribution in [0.3, 0.4) is 0 Å². The molecule has 0 unspecified atom stereocenters. The van der Waals surface area contributed by atoms with Crippen molar-refractivity contribution in [2.45, 2.75) is 20.5 Å². The van der Waals surface area contributed by atoms with E-state index in [1.807, 2.05) is 31.2 Å². The van der Waals surface area contributed by atoms with Crippen molar-refractivity contribution >= 4 is 56.2 Å². The molecule has 0 aromatic heterocycles. The van der Waals surface area contributed by atoms with Crippen LogP contribution in [0.15, 0.2) is 51.8 Å². The highest BCUT2D eigenvalue weighted by molar-refractivity contribution is 9.10. The van der Waals surface area contributed by atoms with E-state index in [4.69, 9.17) is 17.0 Å². The highest BCUT2D eigenvalue weighted by Gasteiger charge is 2.30. The third-order valence-corrected chi connectivity index (χ3v) is 5.83. The summed E-state index contributed by atoms with van der Waals surface area (Å²) >= 11 is 10.1. The number of rotatable bonds is 5. The lowest BCUT2D eigenvalue weighted by Gasteiger charge is -2.11. The Balaban J connectivity index is 1.84. The Morgan fingerprint density at radius 2 is 1.96 bits per heavy atom. The van der Waals surface area contributed by atoms with Crippen molar-refractivity contribution in [3.63, 3.8) is 0 Å². The second-order valence-electron chi connectivity index (χ2n) is 5.88. The summed E-state index contributed by atoms with van der Waals surface area (Å²) in [6.45, 7) is 5.03. The number of carbonyl (C=O) groups is 1. The Hall–Kier alpha value is -1.63. The van der Waals surface area contributed by atoms with Gasteiger partial charge in [0.25, 0.3) is 5.91 Å². The van der Waals surface area contributed by atoms with Crippen LogP contribution in [-0.4, -0.2) is 21.7 Å². The van der Waals surface area contributed by atoms with Crippen LogP contribution in [0, 0.1) is 6.92 Å². The molecular formula is C20H18BrNO2S2. The Labute approximate surface area is 171 Å². The SMILES string of the molecule is CCN1C(=O)/C(=C/c2cc(Br)ccc2OCc2ccc(C)cc2)SC1=S. The summed E-state index contributed by atoms with van der Waals surface area (Å²) in [7, 11) is 0. The van der Waals surface area contributed by atoms with Crippen molar-refractivity contribution in [2.24, 2.45) is 0 Å². The molecule has 26 heavy (non-hydrogen) atoms. The zero-order valence-corrected chi connectivity index (χ0v) is 17.7. The first kappa shape index (κ1) is 19.1. The minimum absolute atomic E-state index is 0.0491. The maximum atomic E-state index is 12.5. The third kappa shape index (κ3) is 4.37. The summed E-state index contributed by atoms with van der Waals surface area (Å²) in [5.41, 5.74) is 3.17. The van der Waals surface area contributed by atoms with Crippen LogP contribution in [0.25, 0.3) is 6.08 Å². The van der Waals surface area contributed by atoms with Crippen LogP contribution >= 0.6 is 39.9 Å². The highest BCUT2D eigenvalue weighted by Crippen LogP contribution is 2.35. The largest absolute Gasteiger partial charge is 0.488 e. The number of thioether (sulfide) groups is 1. The average Bonchev–Trinajstić information content (AvgIpc) is 2.88. The molecule has 0 bridgehead atoms. The molecule has 0 radical (unpaired) electrons. The molecule has 1 amide bonds. The molecule has 0 saturated carbocycles. The minimum atomic E-state index is -0.0491. The number of aryl methyl sites for hydroxylation is 1. The molecule has 1 aliphatic rings. The Bertz CT molecular complexity index is 878. The molecule has 1 heterocycles. The van der Waals surface area contributed by atoms with Crippen LogP contribution < -0.4 is 4.74 Å². The van der Waals surface area contributed by atoms with E-state index < -0.39 is 0 Å². The minimum Gasteiger partial charge on any atom is -0.488 e. The van der Waals surface area contributed by atoms with Gasteiger partial charge in [0.05, 0.1) is 4.91 Å². The van der Waals surface area contributed by atoms with Gasteiger partial charge < -0.3 is 4.74 Å². The molecule has 0 N–H and O–H groups in total. The monoisotopic (exact) mass is 447 g/mol. The van der Waals surface area contributed by atoms with Crippen LogP contribution in [0.1, 0.15) is 23.6 Å². The van der Waals surface area contributed by atoms with Crippen molar-refractivity contribution < 1.29 is 9.53 Å². The quantitative estimate of drug-likeness (QED) is 0.443. The van der Waals surface area contributed by atoms with Gasteiger partial charge in [0.2, 0.25) is 0 Å². The maximum Gasteiger partial charge on any atom is 0.266 e. The number of nitrogens with zero attached hydrogens (tertiary/aromatic N) is 1. The standard InChI is InChI=1S/C20H18BrNO2S2/c1-3-22-19(23)18(26-20(22)25)11-15-10-16(21)8-9-17(15)24-12-14-6-4-13(2)5-7-14/h4-11H,3,12H2,1-2H3/b18-11-. The van der Waals surface area contributed by atoms with E-state index in [2.05, 4.69) is 47.1 Å². The first-order chi connectivity index (χ1) is 12.5. The van der Waals surface area contributed by atoms with Gasteiger partial charge in [-0.05, 0) is 43.7 Å². The number of ether oxygens (including phenoxy) is 1. The van der Waals surface area contributed by atoms with Crippen LogP contribution in [-0.2, 0) is 11.4 Å². The molecule has 0 spiro atoms. The van der Waals surface area contributed by atoms with Gasteiger partial charge >= 0.3 is 0 Å². The third-order valence-electron chi connectivity index (χ3n) is 3.96. The summed E-state index contributed by atoms with van der Waals surface area (Å²) in [5, 5.41) is 0. The van der Waals surface area contributed by atoms with E-state index in [1.165, 1.54) is 17.3 Å². The van der Waals surface area contributed by atoms with Crippen LogP contribution in [0.4, 0.5) is 0 Å². The van der Waals surface area contributed by atoms with Gasteiger partial charge in [0.15, 0.2) is 0 Å². The van der Waals surface area contributed by atoms with Crippen LogP contribution in [0.5, 0.6) is 5.75 Å². The molecule has 0 atom stereocenters. The normalized spacial score (nSPS) is 15.8. The van der Waals surface area contributed by atoms with Crippen molar-refractivity contribution in [3.8, 4) is 5.75 Å². The zero-order valence-electron chi connectivity index (χ0n) is 14.5. The van der Waals surface area contributed by atoms with Gasteiger partial charge in [-0.1, -0.05) is 69.7 Å². The zero-order chi connectivity index (χ0) is 18.7. The van der Waals surface area contributed by atoms with E-state index in [9.17, 15) is 4.79 Å². The first-order valence-corrected chi connectivity index (χ1v) is 10.2. The van der Waals surface area contributed by atoms with Crippen molar-refractivity contribution in [2.75, 3.05) is 6.54 Å². The molecular weight excluding hydrogens is 430 g/mol. The predicted molar refractivity (Wildman–Crippen MR) is 115 cm³/mol. The Morgan fingerprint density at radius 3 is 2.62 bits per heavy atom. The van der Waals surface area contributed by atoms with Gasteiger partial charge in [-0.15, -0.1) is 0 Å². The van der Waals surface area contributed by atoms with Crippen molar-refractivity contribution in [3.05, 3.63) is 68.5 Å². The second kappa shape index (κ2) is 8.37. The van der Waals surface area contributed by atoms with Crippen LogP contribution in [0.2, 0.25) is 0 Å². The summed E-state index contributed by atoms with van der Waals surface area (Å²) in [4.78, 5) is 14.7. The number of benzene rings is 2. The van der Waals surface area contributed by atoms with E-state index in [0.717, 1.165) is 21.3 Å². The maximum absolute atomic E-state index is 12.5. The molecule has 1 saturated heterocycles. The predicted octanol–water partition coefficient (Wildman–Crippen LogP) is 5.56. The number of hydrogen-bond donors (Lipinski definition) is 0. The van der Waals surface area contributed by atoms with Crippen molar-refractivity contribution in [1.82, 2.24) is 4.90 Å². The van der Waals surface area contributed by atoms with Gasteiger partial charge in [-0.2, -0.15) is 0 Å². The average molecular weight is 448 g/mol. The number of hydrogen-bond acceptors (Lipinski definition) is 4. The van der Waals surface area contributed by atoms with Gasteiger partial charge in [0.1, 0.15) is 16.7 Å². The number of carbonyl (C=O) groups excluding carboxylic acids is 1. The number of likely N-dealkylation sites (N-methyl/N-ethyl adjacent to an activating group) is 1. The second-order valence-corrected chi connectivity index (χ2v) is 8.47. The molecule has 2 aromatic rings. The van der Waals surface area contributed by atoms with Gasteiger partial charge in [0, 0.05) is 16.6 Å². The van der Waals surface area contributed by atoms with Gasteiger partial charge in [-0.25, -0.2) is 0 Å². The molecule has 2 aromatic carbocycles. The summed E-state index contributed by atoms with van der Waals surface area (Å²) < 4.78 is 7.54. The fourth-order valence-electron chi connectivity index (χ4n) is 2.52. The molecule has 6 heteroatoms. The topological polar surface area (TPSA) is 29.5 Å². The lowest BCUT2D eigenvalue weighted by Crippen LogP contribution is -2.27. The molecule has 3 rings (SSSR count). The molecule has 134 valence electrons. The molecule has 1 aliphatic heterocycles. The summed E-state index contributed by atoms with van der Waals surface area (Å²) in [5.74, 6) is 0.683. The molecule has 3 nitrogen and oxygen atoms in total. The van der Waals surface area contributed by atoms with E-state index in [1.54, 1.807) is 4.90 Å². The van der Waals surface area contributed by atoms with E-state index >= 15 is 0 Å². The lowest BCUT2D eigenvalue weighted by atomic mass is 10.1. The first-order valence-electron chi connectivity index (χ1n) is 8.21. The Kier molecular flexibility index (Phi) is 6.16. The summed E-state index contributed by atoms with van der Waals surface area (Å²) in [6.07, 6.45) is 1.85. The van der Waals surface area contributed by atoms with E-state index in [-0.39, 0.29) is 5.91 Å². The fraction of sp³-hybridized carbons (Fsp3) is 0.200. The number of halogens is 1. The fourth-order valence-corrected chi connectivity index (χ4v) is 4.28. The van der Waals surface area contributed by atoms with Crippen molar-refractivity contribution in [1.29, 1.82) is 0 Å². The molecule has 1 fully saturated rings. The highest BCUT2D eigenvalue weighted by atomic mass is 79.9. The van der Waals surface area contributed by atoms with Gasteiger partial charge in [-0.3, -0.25) is 9.69 Å². The molecule has 0 aliphatic carbocycles.